The van der Waals surface area contributed by atoms with E-state index in [9.17, 15) is 13.2 Å². The van der Waals surface area contributed by atoms with Crippen LogP contribution in [0, 0.1) is 0 Å². The standard InChI is InChI=1S/C15H19BrF3N/c1-4-20-14(8-5-10(2)3)12-9-11(15(17,18)19)6-7-13(12)16/h6-7,9,14,20H,2,4-5,8H2,1,3H3. The summed E-state index contributed by atoms with van der Waals surface area (Å²) in [6.45, 7) is 8.40. The first-order valence-corrected chi connectivity index (χ1v) is 7.29. The lowest BCUT2D eigenvalue weighted by molar-refractivity contribution is -0.137. The Morgan fingerprint density at radius 2 is 2.05 bits per heavy atom. The Bertz CT molecular complexity index is 469. The molecule has 0 amide bonds. The van der Waals surface area contributed by atoms with E-state index >= 15 is 0 Å². The molecule has 5 heteroatoms. The van der Waals surface area contributed by atoms with Gasteiger partial charge >= 0.3 is 6.18 Å². The molecule has 0 heterocycles. The van der Waals surface area contributed by atoms with Crippen molar-refractivity contribution in [1.29, 1.82) is 0 Å². The molecule has 1 atom stereocenters. The first kappa shape index (κ1) is 17.2. The molecule has 0 aliphatic heterocycles. The fraction of sp³-hybridized carbons (Fsp3) is 0.467. The molecule has 0 saturated heterocycles. The summed E-state index contributed by atoms with van der Waals surface area (Å²) in [5.41, 5.74) is 1.05. The first-order chi connectivity index (χ1) is 9.25. The number of alkyl halides is 3. The van der Waals surface area contributed by atoms with Crippen LogP contribution in [0.2, 0.25) is 0 Å². The predicted octanol–water partition coefficient (Wildman–Crippen LogP) is 5.47. The summed E-state index contributed by atoms with van der Waals surface area (Å²) in [4.78, 5) is 0. The van der Waals surface area contributed by atoms with Crippen LogP contribution in [0.5, 0.6) is 0 Å². The van der Waals surface area contributed by atoms with Crippen molar-refractivity contribution in [1.82, 2.24) is 5.32 Å². The Balaban J connectivity index is 3.08. The van der Waals surface area contributed by atoms with E-state index in [0.29, 0.717) is 16.6 Å². The van der Waals surface area contributed by atoms with E-state index in [2.05, 4.69) is 27.8 Å². The molecular formula is C15H19BrF3N. The fourth-order valence-corrected chi connectivity index (χ4v) is 2.51. The maximum atomic E-state index is 12.8. The van der Waals surface area contributed by atoms with Gasteiger partial charge in [0.15, 0.2) is 0 Å². The molecule has 1 nitrogen and oxygen atoms in total. The molecule has 0 saturated carbocycles. The fourth-order valence-electron chi connectivity index (χ4n) is 1.99. The summed E-state index contributed by atoms with van der Waals surface area (Å²) in [6.07, 6.45) is -2.82. The van der Waals surface area contributed by atoms with Gasteiger partial charge in [-0.05, 0) is 50.1 Å². The minimum absolute atomic E-state index is 0.117. The van der Waals surface area contributed by atoms with Crippen molar-refractivity contribution in [2.45, 2.75) is 38.9 Å². The van der Waals surface area contributed by atoms with E-state index in [1.165, 1.54) is 12.1 Å². The molecule has 112 valence electrons. The topological polar surface area (TPSA) is 12.0 Å². The smallest absolute Gasteiger partial charge is 0.310 e. The van der Waals surface area contributed by atoms with Gasteiger partial charge in [0.05, 0.1) is 5.56 Å². The van der Waals surface area contributed by atoms with Crippen molar-refractivity contribution in [2.75, 3.05) is 6.54 Å². The Labute approximate surface area is 126 Å². The maximum Gasteiger partial charge on any atom is 0.416 e. The highest BCUT2D eigenvalue weighted by Crippen LogP contribution is 2.35. The van der Waals surface area contributed by atoms with Gasteiger partial charge < -0.3 is 5.32 Å². The highest BCUT2D eigenvalue weighted by Gasteiger charge is 2.31. The molecule has 1 aromatic carbocycles. The van der Waals surface area contributed by atoms with E-state index < -0.39 is 11.7 Å². The molecule has 0 aliphatic rings. The Hall–Kier alpha value is -0.810. The van der Waals surface area contributed by atoms with E-state index in [4.69, 9.17) is 0 Å². The summed E-state index contributed by atoms with van der Waals surface area (Å²) in [5.74, 6) is 0. The van der Waals surface area contributed by atoms with Gasteiger partial charge in [-0.1, -0.05) is 28.4 Å². The Kier molecular flexibility index (Phi) is 6.27. The molecule has 1 aromatic rings. The zero-order valence-corrected chi connectivity index (χ0v) is 13.2. The van der Waals surface area contributed by atoms with Crippen LogP contribution in [0.1, 0.15) is 43.9 Å². The van der Waals surface area contributed by atoms with Gasteiger partial charge in [-0.15, -0.1) is 6.58 Å². The number of allylic oxidation sites excluding steroid dienone is 1. The number of hydrogen-bond acceptors (Lipinski definition) is 1. The zero-order valence-electron chi connectivity index (χ0n) is 11.6. The van der Waals surface area contributed by atoms with E-state index in [-0.39, 0.29) is 6.04 Å². The van der Waals surface area contributed by atoms with Crippen molar-refractivity contribution < 1.29 is 13.2 Å². The van der Waals surface area contributed by atoms with Crippen LogP contribution in [0.15, 0.2) is 34.8 Å². The lowest BCUT2D eigenvalue weighted by Crippen LogP contribution is -2.22. The third-order valence-electron chi connectivity index (χ3n) is 3.01. The Morgan fingerprint density at radius 3 is 2.55 bits per heavy atom. The molecule has 0 aromatic heterocycles. The summed E-state index contributed by atoms with van der Waals surface area (Å²) in [5, 5.41) is 3.24. The number of hydrogen-bond donors (Lipinski definition) is 1. The highest BCUT2D eigenvalue weighted by atomic mass is 79.9. The number of benzene rings is 1. The largest absolute Gasteiger partial charge is 0.416 e. The summed E-state index contributed by atoms with van der Waals surface area (Å²) in [6, 6.07) is 3.66. The lowest BCUT2D eigenvalue weighted by atomic mass is 9.98. The summed E-state index contributed by atoms with van der Waals surface area (Å²) >= 11 is 3.35. The molecule has 0 radical (unpaired) electrons. The molecule has 0 spiro atoms. The SMILES string of the molecule is C=C(C)CCC(NCC)c1cc(C(F)(F)F)ccc1Br. The van der Waals surface area contributed by atoms with E-state index in [0.717, 1.165) is 24.5 Å². The van der Waals surface area contributed by atoms with Crippen molar-refractivity contribution >= 4 is 15.9 Å². The minimum Gasteiger partial charge on any atom is -0.310 e. The Morgan fingerprint density at radius 1 is 1.40 bits per heavy atom. The van der Waals surface area contributed by atoms with Gasteiger partial charge in [0.2, 0.25) is 0 Å². The number of halogens is 4. The van der Waals surface area contributed by atoms with Crippen molar-refractivity contribution in [3.8, 4) is 0 Å². The number of rotatable bonds is 6. The first-order valence-electron chi connectivity index (χ1n) is 6.50. The van der Waals surface area contributed by atoms with Gasteiger partial charge in [-0.3, -0.25) is 0 Å². The molecule has 0 bridgehead atoms. The van der Waals surface area contributed by atoms with Gasteiger partial charge in [0.25, 0.3) is 0 Å². The third kappa shape index (κ3) is 4.94. The molecule has 1 rings (SSSR count). The summed E-state index contributed by atoms with van der Waals surface area (Å²) < 4.78 is 39.1. The second-order valence-electron chi connectivity index (χ2n) is 4.84. The molecule has 1 N–H and O–H groups in total. The quantitative estimate of drug-likeness (QED) is 0.671. The maximum absolute atomic E-state index is 12.8. The van der Waals surface area contributed by atoms with Crippen molar-refractivity contribution in [3.05, 3.63) is 46.0 Å². The van der Waals surface area contributed by atoms with Gasteiger partial charge in [0.1, 0.15) is 0 Å². The highest BCUT2D eigenvalue weighted by molar-refractivity contribution is 9.10. The second-order valence-corrected chi connectivity index (χ2v) is 5.69. The van der Waals surface area contributed by atoms with Gasteiger partial charge in [-0.25, -0.2) is 0 Å². The normalized spacial score (nSPS) is 13.3. The van der Waals surface area contributed by atoms with Crippen LogP contribution in [0.25, 0.3) is 0 Å². The second kappa shape index (κ2) is 7.27. The zero-order chi connectivity index (χ0) is 15.3. The number of nitrogens with one attached hydrogen (secondary N) is 1. The lowest BCUT2D eigenvalue weighted by Gasteiger charge is -2.21. The molecule has 0 aliphatic carbocycles. The average molecular weight is 350 g/mol. The van der Waals surface area contributed by atoms with Gasteiger partial charge in [0, 0.05) is 10.5 Å². The van der Waals surface area contributed by atoms with Crippen LogP contribution >= 0.6 is 15.9 Å². The molecule has 20 heavy (non-hydrogen) atoms. The predicted molar refractivity (Wildman–Crippen MR) is 79.6 cm³/mol. The monoisotopic (exact) mass is 349 g/mol. The van der Waals surface area contributed by atoms with Crippen molar-refractivity contribution in [3.63, 3.8) is 0 Å². The van der Waals surface area contributed by atoms with E-state index in [1.807, 2.05) is 13.8 Å². The third-order valence-corrected chi connectivity index (χ3v) is 3.73. The van der Waals surface area contributed by atoms with Gasteiger partial charge in [-0.2, -0.15) is 13.2 Å². The minimum atomic E-state index is -4.32. The van der Waals surface area contributed by atoms with Crippen molar-refractivity contribution in [2.24, 2.45) is 0 Å². The van der Waals surface area contributed by atoms with E-state index in [1.54, 1.807) is 0 Å². The molecule has 1 unspecified atom stereocenters. The van der Waals surface area contributed by atoms with Crippen LogP contribution in [-0.2, 0) is 6.18 Å². The average Bonchev–Trinajstić information content (AvgIpc) is 2.33. The molecular weight excluding hydrogens is 331 g/mol. The van der Waals surface area contributed by atoms with Crippen LogP contribution in [0.3, 0.4) is 0 Å². The summed E-state index contributed by atoms with van der Waals surface area (Å²) in [7, 11) is 0. The van der Waals surface area contributed by atoms with Crippen LogP contribution in [0.4, 0.5) is 13.2 Å². The van der Waals surface area contributed by atoms with Crippen LogP contribution < -0.4 is 5.32 Å². The van der Waals surface area contributed by atoms with Crippen LogP contribution in [-0.4, -0.2) is 6.54 Å². The molecule has 0 fully saturated rings.